The summed E-state index contributed by atoms with van der Waals surface area (Å²) in [5.74, 6) is 0.636. The van der Waals surface area contributed by atoms with Crippen LogP contribution in [0.1, 0.15) is 0 Å². The second-order valence-electron chi connectivity index (χ2n) is 3.96. The number of ether oxygens (including phenoxy) is 1. The maximum Gasteiger partial charge on any atom is 0.245 e. The molecule has 3 aromatic rings. The van der Waals surface area contributed by atoms with Crippen molar-refractivity contribution >= 4 is 44.6 Å². The molecule has 0 saturated heterocycles. The fourth-order valence-corrected chi connectivity index (χ4v) is 2.70. The summed E-state index contributed by atoms with van der Waals surface area (Å²) in [6, 6.07) is 5.48. The first-order valence-electron chi connectivity index (χ1n) is 5.60. The Balaban J connectivity index is 2.34. The highest BCUT2D eigenvalue weighted by Crippen LogP contribution is 2.31. The van der Waals surface area contributed by atoms with Gasteiger partial charge in [-0.05, 0) is 18.2 Å². The minimum atomic E-state index is 0.267. The van der Waals surface area contributed by atoms with E-state index in [4.69, 9.17) is 22.1 Å². The van der Waals surface area contributed by atoms with Crippen molar-refractivity contribution in [3.8, 4) is 11.6 Å². The fraction of sp³-hybridized carbons (Fsp3) is 0.0833. The number of hydrogen-bond donors (Lipinski definition) is 1. The van der Waals surface area contributed by atoms with Gasteiger partial charge in [-0.3, -0.25) is 4.57 Å². The Morgan fingerprint density at radius 1 is 1.35 bits per heavy atom. The molecule has 20 heavy (non-hydrogen) atoms. The number of nitrogens with zero attached hydrogens (tertiary/aromatic N) is 4. The van der Waals surface area contributed by atoms with Crippen LogP contribution < -0.4 is 10.5 Å². The maximum absolute atomic E-state index is 6.26. The quantitative estimate of drug-likeness (QED) is 0.765. The molecule has 0 aliphatic heterocycles. The van der Waals surface area contributed by atoms with Gasteiger partial charge < -0.3 is 10.5 Å². The van der Waals surface area contributed by atoms with Crippen LogP contribution in [0.15, 0.2) is 29.0 Å². The molecule has 0 amide bonds. The number of anilines is 1. The molecule has 0 radical (unpaired) electrons. The van der Waals surface area contributed by atoms with E-state index in [9.17, 15) is 0 Å². The molecular formula is C12H9BrClN5O. The van der Waals surface area contributed by atoms with E-state index in [1.807, 2.05) is 12.1 Å². The molecule has 0 spiro atoms. The number of benzene rings is 1. The molecule has 0 fully saturated rings. The predicted molar refractivity (Wildman–Crippen MR) is 80.3 cm³/mol. The molecule has 6 nitrogen and oxygen atoms in total. The summed E-state index contributed by atoms with van der Waals surface area (Å²) in [6.45, 7) is 0. The Bertz CT molecular complexity index is 804. The van der Waals surface area contributed by atoms with Crippen LogP contribution in [0.25, 0.3) is 16.9 Å². The standard InChI is InChI=1S/C12H9BrClN5O/c1-20-11-9-10(16-5-17-11)19(12(15)18-9)8-3-2-6(13)4-7(8)14/h2-5H,1H3,(H2,15,18). The summed E-state index contributed by atoms with van der Waals surface area (Å²) in [7, 11) is 1.52. The lowest BCUT2D eigenvalue weighted by atomic mass is 10.3. The number of methoxy groups -OCH3 is 1. The van der Waals surface area contributed by atoms with Gasteiger partial charge in [0, 0.05) is 4.47 Å². The van der Waals surface area contributed by atoms with Crippen molar-refractivity contribution in [2.45, 2.75) is 0 Å². The van der Waals surface area contributed by atoms with Gasteiger partial charge >= 0.3 is 0 Å². The van der Waals surface area contributed by atoms with Gasteiger partial charge in [0.15, 0.2) is 11.2 Å². The average Bonchev–Trinajstić information content (AvgIpc) is 2.75. The van der Waals surface area contributed by atoms with Crippen molar-refractivity contribution in [3.63, 3.8) is 0 Å². The molecule has 0 aliphatic rings. The van der Waals surface area contributed by atoms with Gasteiger partial charge in [-0.25, -0.2) is 9.97 Å². The van der Waals surface area contributed by atoms with Crippen LogP contribution in [-0.2, 0) is 0 Å². The van der Waals surface area contributed by atoms with Gasteiger partial charge in [0.25, 0.3) is 0 Å². The monoisotopic (exact) mass is 353 g/mol. The summed E-state index contributed by atoms with van der Waals surface area (Å²) >= 11 is 9.62. The second-order valence-corrected chi connectivity index (χ2v) is 5.28. The zero-order valence-electron chi connectivity index (χ0n) is 10.3. The van der Waals surface area contributed by atoms with Crippen LogP contribution in [-0.4, -0.2) is 26.6 Å². The predicted octanol–water partition coefficient (Wildman–Crippen LogP) is 2.82. The van der Waals surface area contributed by atoms with Crippen LogP contribution in [0.5, 0.6) is 5.88 Å². The van der Waals surface area contributed by atoms with Gasteiger partial charge in [0.2, 0.25) is 11.8 Å². The van der Waals surface area contributed by atoms with Crippen LogP contribution in [0.4, 0.5) is 5.95 Å². The van der Waals surface area contributed by atoms with E-state index in [2.05, 4.69) is 30.9 Å². The Morgan fingerprint density at radius 3 is 2.85 bits per heavy atom. The minimum Gasteiger partial charge on any atom is -0.479 e. The van der Waals surface area contributed by atoms with Crippen molar-refractivity contribution in [2.75, 3.05) is 12.8 Å². The molecule has 0 bridgehead atoms. The first kappa shape index (κ1) is 13.1. The highest BCUT2D eigenvalue weighted by Gasteiger charge is 2.17. The smallest absolute Gasteiger partial charge is 0.245 e. The molecule has 102 valence electrons. The molecule has 0 saturated carbocycles. The zero-order chi connectivity index (χ0) is 14.3. The Labute approximate surface area is 127 Å². The van der Waals surface area contributed by atoms with Crippen molar-refractivity contribution in [1.82, 2.24) is 19.5 Å². The molecule has 0 aliphatic carbocycles. The molecule has 1 aromatic carbocycles. The lowest BCUT2D eigenvalue weighted by Crippen LogP contribution is -2.02. The van der Waals surface area contributed by atoms with Gasteiger partial charge in [-0.1, -0.05) is 27.5 Å². The van der Waals surface area contributed by atoms with E-state index in [0.717, 1.165) is 4.47 Å². The molecule has 3 rings (SSSR count). The molecule has 0 atom stereocenters. The molecule has 0 unspecified atom stereocenters. The van der Waals surface area contributed by atoms with E-state index < -0.39 is 0 Å². The van der Waals surface area contributed by atoms with Crippen LogP contribution >= 0.6 is 27.5 Å². The molecule has 8 heteroatoms. The van der Waals surface area contributed by atoms with Gasteiger partial charge in [-0.2, -0.15) is 4.98 Å². The number of imidazole rings is 1. The summed E-state index contributed by atoms with van der Waals surface area (Å²) in [5, 5.41) is 0.531. The number of rotatable bonds is 2. The summed E-state index contributed by atoms with van der Waals surface area (Å²) in [4.78, 5) is 12.5. The third-order valence-electron chi connectivity index (χ3n) is 2.78. The van der Waals surface area contributed by atoms with Crippen molar-refractivity contribution < 1.29 is 4.74 Å². The van der Waals surface area contributed by atoms with Crippen molar-refractivity contribution in [3.05, 3.63) is 34.0 Å². The van der Waals surface area contributed by atoms with E-state index in [1.54, 1.807) is 10.6 Å². The lowest BCUT2D eigenvalue weighted by Gasteiger charge is -2.08. The largest absolute Gasteiger partial charge is 0.479 e. The van der Waals surface area contributed by atoms with E-state index in [-0.39, 0.29) is 5.95 Å². The first-order chi connectivity index (χ1) is 9.61. The topological polar surface area (TPSA) is 78.8 Å². The highest BCUT2D eigenvalue weighted by molar-refractivity contribution is 9.10. The maximum atomic E-state index is 6.26. The van der Waals surface area contributed by atoms with E-state index >= 15 is 0 Å². The Kier molecular flexibility index (Phi) is 3.23. The van der Waals surface area contributed by atoms with E-state index in [0.29, 0.717) is 27.8 Å². The van der Waals surface area contributed by atoms with Crippen LogP contribution in [0.2, 0.25) is 5.02 Å². The van der Waals surface area contributed by atoms with Gasteiger partial charge in [-0.15, -0.1) is 0 Å². The fourth-order valence-electron chi connectivity index (χ4n) is 1.94. The Hall–Kier alpha value is -1.86. The summed E-state index contributed by atoms with van der Waals surface area (Å²) < 4.78 is 7.70. The van der Waals surface area contributed by atoms with Crippen LogP contribution in [0.3, 0.4) is 0 Å². The number of nitrogens with two attached hydrogens (primary N) is 1. The average molecular weight is 355 g/mol. The SMILES string of the molecule is COc1ncnc2c1nc(N)n2-c1ccc(Br)cc1Cl. The number of aromatic nitrogens is 4. The van der Waals surface area contributed by atoms with E-state index in [1.165, 1.54) is 13.4 Å². The molecule has 2 aromatic heterocycles. The normalized spacial score (nSPS) is 10.9. The second kappa shape index (κ2) is 4.92. The Morgan fingerprint density at radius 2 is 2.15 bits per heavy atom. The molecule has 2 N–H and O–H groups in total. The third kappa shape index (κ3) is 1.99. The lowest BCUT2D eigenvalue weighted by molar-refractivity contribution is 0.401. The molecular weight excluding hydrogens is 346 g/mol. The van der Waals surface area contributed by atoms with Crippen LogP contribution in [0, 0.1) is 0 Å². The third-order valence-corrected chi connectivity index (χ3v) is 3.58. The zero-order valence-corrected chi connectivity index (χ0v) is 12.7. The highest BCUT2D eigenvalue weighted by atomic mass is 79.9. The summed E-state index contributed by atoms with van der Waals surface area (Å²) in [5.41, 5.74) is 7.70. The molecule has 2 heterocycles. The van der Waals surface area contributed by atoms with Gasteiger partial charge in [0.1, 0.15) is 6.33 Å². The number of fused-ring (bicyclic) bond motifs is 1. The number of halogens is 2. The minimum absolute atomic E-state index is 0.267. The van der Waals surface area contributed by atoms with Gasteiger partial charge in [0.05, 0.1) is 17.8 Å². The number of nitrogen functional groups attached to an aromatic ring is 1. The number of hydrogen-bond acceptors (Lipinski definition) is 5. The van der Waals surface area contributed by atoms with Crippen molar-refractivity contribution in [1.29, 1.82) is 0 Å². The van der Waals surface area contributed by atoms with Crippen molar-refractivity contribution in [2.24, 2.45) is 0 Å². The first-order valence-corrected chi connectivity index (χ1v) is 6.77. The summed E-state index contributed by atoms with van der Waals surface area (Å²) in [6.07, 6.45) is 1.39.